The molecule has 14 aromatic rings. The second kappa shape index (κ2) is 34.6. The minimum atomic E-state index is -6.09. The molecule has 0 unspecified atom stereocenters. The molecule has 0 saturated carbocycles. The van der Waals surface area contributed by atoms with Crippen molar-refractivity contribution in [3.05, 3.63) is 277 Å². The fourth-order valence-corrected chi connectivity index (χ4v) is 8.98. The minimum Gasteiger partial charge on any atom is -0.741 e. The van der Waals surface area contributed by atoms with Gasteiger partial charge in [0.1, 0.15) is 5.58 Å². The number of fused-ring (bicyclic) bond motifs is 6. The number of benzene rings is 6. The summed E-state index contributed by atoms with van der Waals surface area (Å²) < 4.78 is 152. The van der Waals surface area contributed by atoms with Gasteiger partial charge in [-0.2, -0.15) is 13.2 Å². The molecule has 6 aromatic carbocycles. The average Bonchev–Trinajstić information content (AvgIpc) is 1.61. The normalized spacial score (nSPS) is 10.6. The molecule has 96 heavy (non-hydrogen) atoms. The van der Waals surface area contributed by atoms with Crippen LogP contribution in [-0.4, -0.2) is 72.8 Å². The van der Waals surface area contributed by atoms with Crippen molar-refractivity contribution in [3.8, 4) is 67.3 Å². The van der Waals surface area contributed by atoms with Gasteiger partial charge in [-0.3, -0.25) is 4.98 Å². The molecule has 0 fully saturated rings. The molecule has 0 bridgehead atoms. The van der Waals surface area contributed by atoms with Gasteiger partial charge >= 0.3 is 5.51 Å². The monoisotopic (exact) mass is 1690 g/mol. The fourth-order valence-electron chi connectivity index (χ4n) is 8.98. The predicted octanol–water partition coefficient (Wildman–Crippen LogP) is 17.0. The van der Waals surface area contributed by atoms with Crippen molar-refractivity contribution in [1.82, 2.24) is 29.9 Å². The Hall–Kier alpha value is -9.68. The molecule has 0 atom stereocenters. The summed E-state index contributed by atoms with van der Waals surface area (Å²) in [5, 5.41) is 17.5. The number of halogens is 9. The maximum Gasteiger partial charge on any atom is 0.485 e. The van der Waals surface area contributed by atoms with Crippen molar-refractivity contribution in [1.29, 1.82) is 0 Å². The van der Waals surface area contributed by atoms with Crippen LogP contribution in [0, 0.1) is 66.9 Å². The van der Waals surface area contributed by atoms with E-state index in [-0.39, 0.29) is 51.3 Å². The fraction of sp³-hybridized carbons (Fsp3) is 0.0704. The Balaban J connectivity index is 0.000000201. The molecule has 0 amide bonds. The summed E-state index contributed by atoms with van der Waals surface area (Å²) in [6.07, 6.45) is 6.63. The van der Waals surface area contributed by atoms with Gasteiger partial charge in [-0.25, -0.2) is 44.7 Å². The summed E-state index contributed by atoms with van der Waals surface area (Å²) in [6.45, 7) is 3.77. The zero-order valence-corrected chi connectivity index (χ0v) is 55.9. The van der Waals surface area contributed by atoms with Gasteiger partial charge in [0.25, 0.3) is 0 Å². The molecule has 0 aliphatic rings. The van der Waals surface area contributed by atoms with E-state index >= 15 is 0 Å². The molecule has 13 nitrogen and oxygen atoms in total. The smallest absolute Gasteiger partial charge is 0.485 e. The van der Waals surface area contributed by atoms with Crippen LogP contribution in [0.25, 0.3) is 111 Å². The Labute approximate surface area is 570 Å². The van der Waals surface area contributed by atoms with Crippen LogP contribution in [0.3, 0.4) is 0 Å². The van der Waals surface area contributed by atoms with Crippen molar-refractivity contribution in [2.75, 3.05) is 14.2 Å². The Kier molecular flexibility index (Phi) is 27.2. The van der Waals surface area contributed by atoms with Gasteiger partial charge in [0.2, 0.25) is 11.4 Å². The third-order valence-corrected chi connectivity index (χ3v) is 13.8. The van der Waals surface area contributed by atoms with Crippen LogP contribution in [0.2, 0.25) is 0 Å². The molecular formula is C71H49F9Ir2N6O7S-4. The first kappa shape index (κ1) is 75.3. The van der Waals surface area contributed by atoms with Gasteiger partial charge < -0.3 is 38.6 Å². The first-order valence-corrected chi connectivity index (χ1v) is 29.0. The van der Waals surface area contributed by atoms with Crippen molar-refractivity contribution in [3.63, 3.8) is 0 Å². The predicted molar refractivity (Wildman–Crippen MR) is 337 cm³/mol. The van der Waals surface area contributed by atoms with Crippen molar-refractivity contribution in [2.45, 2.75) is 19.4 Å². The summed E-state index contributed by atoms with van der Waals surface area (Å²) >= 11 is 0. The van der Waals surface area contributed by atoms with E-state index in [4.69, 9.17) is 32.0 Å². The number of nitrogens with zero attached hydrogens (tertiary/aromatic N) is 6. The molecule has 2 N–H and O–H groups in total. The number of hydrogen-bond acceptors (Lipinski definition) is 13. The molecule has 0 saturated heterocycles. The third kappa shape index (κ3) is 18.6. The number of aliphatic hydroxyl groups is 2. The van der Waals surface area contributed by atoms with E-state index in [0.29, 0.717) is 50.7 Å². The van der Waals surface area contributed by atoms with E-state index in [9.17, 15) is 39.5 Å². The summed E-state index contributed by atoms with van der Waals surface area (Å²) in [6, 6.07) is 64.2. The standard InChI is InChI=1S/C23H13F3N2O.C23H12F3N2O.2C11H8N.CHF3O3S.2CH4O.2Ir/c2*1-12-5-6-16-15-3-2-4-17(22(15)29-23(16)28-12)20-11-13(7-8-27-20)14-9-18(24)21(26)19(25)10-14;2*1-2-6-10(7-3-1)11-8-4-5-9-12-11;2-1(3,4)8(5,6)7;2*1-2;;/h2-11H,1H3;2-3,5-11H,1H3;2*1-6,8-9H;(H,5,6,7);2*2H,1H3;;/q;3*-1;;;;;/p-1. The van der Waals surface area contributed by atoms with Crippen LogP contribution < -0.4 is 0 Å². The number of alkyl halides is 3. The minimum absolute atomic E-state index is 0. The van der Waals surface area contributed by atoms with Crippen LogP contribution in [0.1, 0.15) is 11.4 Å². The molecule has 0 aliphatic heterocycles. The first-order valence-electron chi connectivity index (χ1n) is 27.6. The number of pyridine rings is 6. The van der Waals surface area contributed by atoms with E-state index in [2.05, 4.69) is 48.1 Å². The van der Waals surface area contributed by atoms with E-state index in [0.717, 1.165) is 99.5 Å². The van der Waals surface area contributed by atoms with E-state index in [1.807, 2.05) is 147 Å². The van der Waals surface area contributed by atoms with E-state index in [1.54, 1.807) is 42.7 Å². The summed E-state index contributed by atoms with van der Waals surface area (Å²) in [4.78, 5) is 26.0. The van der Waals surface area contributed by atoms with Gasteiger partial charge in [0, 0.05) is 112 Å². The maximum atomic E-state index is 13.7. The van der Waals surface area contributed by atoms with Crippen LogP contribution in [0.4, 0.5) is 39.5 Å². The number of para-hydroxylation sites is 1. The quantitative estimate of drug-likeness (QED) is 0.0524. The maximum absolute atomic E-state index is 13.7. The molecule has 0 spiro atoms. The van der Waals surface area contributed by atoms with Gasteiger partial charge in [-0.15, -0.1) is 90.0 Å². The topological polar surface area (TPSA) is 201 Å². The zero-order chi connectivity index (χ0) is 67.7. The van der Waals surface area contributed by atoms with Crippen LogP contribution in [-0.2, 0) is 50.3 Å². The Morgan fingerprint density at radius 3 is 1.27 bits per heavy atom. The Morgan fingerprint density at radius 2 is 0.844 bits per heavy atom. The van der Waals surface area contributed by atoms with Gasteiger partial charge in [0.05, 0.1) is 11.3 Å². The van der Waals surface area contributed by atoms with E-state index < -0.39 is 50.5 Å². The van der Waals surface area contributed by atoms with Gasteiger partial charge in [-0.05, 0) is 138 Å². The Morgan fingerprint density at radius 1 is 0.427 bits per heavy atom. The van der Waals surface area contributed by atoms with Crippen molar-refractivity contribution in [2.24, 2.45) is 0 Å². The van der Waals surface area contributed by atoms with Crippen LogP contribution >= 0.6 is 0 Å². The summed E-state index contributed by atoms with van der Waals surface area (Å²) in [5.74, 6) is -7.95. The number of aromatic nitrogens is 6. The molecule has 25 heteroatoms. The largest absolute Gasteiger partial charge is 0.741 e. The number of furan rings is 2. The number of rotatable bonds is 6. The number of aliphatic hydroxyl groups excluding tert-OH is 2. The second-order valence-corrected chi connectivity index (χ2v) is 20.7. The van der Waals surface area contributed by atoms with Crippen LogP contribution in [0.5, 0.6) is 0 Å². The number of aryl methyl sites for hydroxylation is 2. The molecule has 8 heterocycles. The number of hydrogen-bond donors (Lipinski definition) is 2. The van der Waals surface area contributed by atoms with Gasteiger partial charge in [-0.1, -0.05) is 53.4 Å². The molecule has 496 valence electrons. The van der Waals surface area contributed by atoms with Crippen molar-refractivity contribution >= 4 is 54.3 Å². The van der Waals surface area contributed by atoms with Crippen molar-refractivity contribution < 1.29 is 112 Å². The Bertz CT molecular complexity index is 4580. The SMILES string of the molecule is CO.CO.Cc1ccc2c(n1)oc1c(-c3cc(-c4cc(F)c(F)c(F)c4)ccn3)[c-]ccc12.Cc1ccc2c(n1)oc1c(-c3cc(-c4cc(F)c(F)c(F)c4)ccn3)cccc12.O=S(=O)([O-])C(F)(F)F.[Ir].[Ir].[c-]1ccccc1-c1ccccn1.[c-]1ccccc1-c1ccccn1. The summed E-state index contributed by atoms with van der Waals surface area (Å²) in [7, 11) is -4.09. The zero-order valence-electron chi connectivity index (χ0n) is 50.3. The molecule has 2 radical (unpaired) electrons. The summed E-state index contributed by atoms with van der Waals surface area (Å²) in [5.41, 5.74) is 6.13. The third-order valence-electron chi connectivity index (χ3n) is 13.2. The van der Waals surface area contributed by atoms with Gasteiger partial charge in [0.15, 0.2) is 45.0 Å². The van der Waals surface area contributed by atoms with Crippen LogP contribution in [0.15, 0.2) is 222 Å². The molecule has 14 rings (SSSR count). The molecule has 8 aromatic heterocycles. The van der Waals surface area contributed by atoms with E-state index in [1.165, 1.54) is 12.4 Å². The first-order chi connectivity index (χ1) is 45.2. The average molecular weight is 1690 g/mol. The second-order valence-electron chi connectivity index (χ2n) is 19.3. The molecule has 0 aliphatic carbocycles. The molecular weight excluding hydrogens is 1640 g/mol.